The van der Waals surface area contributed by atoms with E-state index in [1.807, 2.05) is 81.4 Å². The first-order chi connectivity index (χ1) is 17.8. The van der Waals surface area contributed by atoms with Crippen LogP contribution >= 0.6 is 0 Å². The second-order valence-corrected chi connectivity index (χ2v) is 12.0. The predicted molar refractivity (Wildman–Crippen MR) is 149 cm³/mol. The standard InChI is InChI=1S/C29H35N3O5S/c1-22(28(34)30-29(2,3)4)31(20-23-12-8-6-9-13-23)27(33)21-32(38(5,35)36)24-16-18-26(19-17-24)37-25-14-10-7-11-15-25/h6-19,22H,20-21H2,1-5H3,(H,30,34)/t22-/m0/s1. The van der Waals surface area contributed by atoms with Crippen LogP contribution in [-0.4, -0.2) is 49.5 Å². The SMILES string of the molecule is C[C@@H](C(=O)NC(C)(C)C)N(Cc1ccccc1)C(=O)CN(c1ccc(Oc2ccccc2)cc1)S(C)(=O)=O. The van der Waals surface area contributed by atoms with Crippen LogP contribution in [0.3, 0.4) is 0 Å². The van der Waals surface area contributed by atoms with Crippen molar-refractivity contribution in [1.29, 1.82) is 0 Å². The molecule has 3 aromatic carbocycles. The Hall–Kier alpha value is -3.85. The number of rotatable bonds is 10. The van der Waals surface area contributed by atoms with E-state index in [2.05, 4.69) is 5.32 Å². The first-order valence-electron chi connectivity index (χ1n) is 12.3. The Balaban J connectivity index is 1.85. The first-order valence-corrected chi connectivity index (χ1v) is 14.1. The normalized spacial score (nSPS) is 12.3. The van der Waals surface area contributed by atoms with Gasteiger partial charge in [0.05, 0.1) is 11.9 Å². The molecule has 8 nitrogen and oxygen atoms in total. The van der Waals surface area contributed by atoms with Crippen molar-refractivity contribution in [2.75, 3.05) is 17.1 Å². The molecule has 202 valence electrons. The van der Waals surface area contributed by atoms with Crippen LogP contribution in [0.25, 0.3) is 0 Å². The Bertz CT molecular complexity index is 1320. The van der Waals surface area contributed by atoms with Gasteiger partial charge in [0.2, 0.25) is 21.8 Å². The Morgan fingerprint density at radius 1 is 0.868 bits per heavy atom. The summed E-state index contributed by atoms with van der Waals surface area (Å²) in [6.07, 6.45) is 1.05. The fraction of sp³-hybridized carbons (Fsp3) is 0.310. The lowest BCUT2D eigenvalue weighted by molar-refractivity contribution is -0.140. The second kappa shape index (κ2) is 12.1. The highest BCUT2D eigenvalue weighted by molar-refractivity contribution is 7.92. The van der Waals surface area contributed by atoms with Gasteiger partial charge >= 0.3 is 0 Å². The maximum absolute atomic E-state index is 13.6. The van der Waals surface area contributed by atoms with Crippen molar-refractivity contribution < 1.29 is 22.7 Å². The molecule has 0 aliphatic carbocycles. The maximum atomic E-state index is 13.6. The summed E-state index contributed by atoms with van der Waals surface area (Å²) in [5.41, 5.74) is 0.645. The van der Waals surface area contributed by atoms with Crippen molar-refractivity contribution >= 4 is 27.5 Å². The zero-order chi connectivity index (χ0) is 27.9. The average Bonchev–Trinajstić information content (AvgIpc) is 2.85. The van der Waals surface area contributed by atoms with E-state index in [4.69, 9.17) is 4.74 Å². The molecule has 0 radical (unpaired) electrons. The van der Waals surface area contributed by atoms with Crippen molar-refractivity contribution in [2.45, 2.75) is 45.8 Å². The van der Waals surface area contributed by atoms with Crippen LogP contribution in [0.1, 0.15) is 33.3 Å². The molecule has 0 bridgehead atoms. The third kappa shape index (κ3) is 8.34. The van der Waals surface area contributed by atoms with Gasteiger partial charge in [0.25, 0.3) is 0 Å². The maximum Gasteiger partial charge on any atom is 0.244 e. The molecule has 0 heterocycles. The molecular weight excluding hydrogens is 502 g/mol. The minimum Gasteiger partial charge on any atom is -0.457 e. The van der Waals surface area contributed by atoms with Gasteiger partial charge in [-0.2, -0.15) is 0 Å². The largest absolute Gasteiger partial charge is 0.457 e. The molecule has 2 amide bonds. The lowest BCUT2D eigenvalue weighted by Crippen LogP contribution is -2.54. The third-order valence-corrected chi connectivity index (χ3v) is 6.78. The summed E-state index contributed by atoms with van der Waals surface area (Å²) >= 11 is 0. The number of ether oxygens (including phenoxy) is 1. The number of hydrogen-bond donors (Lipinski definition) is 1. The third-order valence-electron chi connectivity index (χ3n) is 5.64. The zero-order valence-electron chi connectivity index (χ0n) is 22.4. The molecule has 0 aliphatic heterocycles. The van der Waals surface area contributed by atoms with Gasteiger partial charge in [0.15, 0.2) is 0 Å². The number of benzene rings is 3. The van der Waals surface area contributed by atoms with Crippen molar-refractivity contribution in [2.24, 2.45) is 0 Å². The molecule has 9 heteroatoms. The molecule has 3 aromatic rings. The average molecular weight is 538 g/mol. The Labute approximate surface area is 225 Å². The van der Waals surface area contributed by atoms with Crippen molar-refractivity contribution in [3.63, 3.8) is 0 Å². The van der Waals surface area contributed by atoms with Crippen molar-refractivity contribution in [3.05, 3.63) is 90.5 Å². The van der Waals surface area contributed by atoms with Crippen LogP contribution in [0, 0.1) is 0 Å². The van der Waals surface area contributed by atoms with Gasteiger partial charge in [-0.25, -0.2) is 8.42 Å². The van der Waals surface area contributed by atoms with Gasteiger partial charge in [-0.05, 0) is 69.7 Å². The number of hydrogen-bond acceptors (Lipinski definition) is 5. The summed E-state index contributed by atoms with van der Waals surface area (Å²) in [4.78, 5) is 28.0. The van der Waals surface area contributed by atoms with Crippen LogP contribution in [0.4, 0.5) is 5.69 Å². The number of sulfonamides is 1. The number of carbonyl (C=O) groups is 2. The quantitative estimate of drug-likeness (QED) is 0.409. The van der Waals surface area contributed by atoms with Gasteiger partial charge < -0.3 is 15.0 Å². The summed E-state index contributed by atoms with van der Waals surface area (Å²) in [6, 6.07) is 24.1. The van der Waals surface area contributed by atoms with Crippen LogP contribution in [0.2, 0.25) is 0 Å². The molecule has 0 fully saturated rings. The van der Waals surface area contributed by atoms with Crippen LogP contribution in [0.5, 0.6) is 11.5 Å². The van der Waals surface area contributed by atoms with E-state index >= 15 is 0 Å². The van der Waals surface area contributed by atoms with Crippen LogP contribution < -0.4 is 14.4 Å². The molecule has 0 saturated heterocycles. The molecular formula is C29H35N3O5S. The topological polar surface area (TPSA) is 96.0 Å². The summed E-state index contributed by atoms with van der Waals surface area (Å²) in [5.74, 6) is 0.350. The van der Waals surface area contributed by atoms with Crippen molar-refractivity contribution in [1.82, 2.24) is 10.2 Å². The molecule has 0 spiro atoms. The lowest BCUT2D eigenvalue weighted by atomic mass is 10.1. The lowest BCUT2D eigenvalue weighted by Gasteiger charge is -2.33. The fourth-order valence-electron chi connectivity index (χ4n) is 3.76. The number of nitrogens with zero attached hydrogens (tertiary/aromatic N) is 2. The van der Waals surface area contributed by atoms with Crippen LogP contribution in [-0.2, 0) is 26.2 Å². The number of carbonyl (C=O) groups excluding carboxylic acids is 2. The Morgan fingerprint density at radius 3 is 1.92 bits per heavy atom. The number of anilines is 1. The Kier molecular flexibility index (Phi) is 9.17. The van der Waals surface area contributed by atoms with E-state index in [-0.39, 0.29) is 12.5 Å². The monoisotopic (exact) mass is 537 g/mol. The van der Waals surface area contributed by atoms with E-state index in [0.29, 0.717) is 17.2 Å². The van der Waals surface area contributed by atoms with Gasteiger partial charge in [0, 0.05) is 12.1 Å². The summed E-state index contributed by atoms with van der Waals surface area (Å²) in [6.45, 7) is 6.91. The summed E-state index contributed by atoms with van der Waals surface area (Å²) in [5, 5.41) is 2.90. The summed E-state index contributed by atoms with van der Waals surface area (Å²) < 4.78 is 32.4. The number of nitrogens with one attached hydrogen (secondary N) is 1. The van der Waals surface area contributed by atoms with E-state index in [9.17, 15) is 18.0 Å². The molecule has 1 N–H and O–H groups in total. The highest BCUT2D eigenvalue weighted by atomic mass is 32.2. The minimum atomic E-state index is -3.82. The van der Waals surface area contributed by atoms with E-state index in [1.54, 1.807) is 31.2 Å². The molecule has 0 aromatic heterocycles. The molecule has 1 atom stereocenters. The summed E-state index contributed by atoms with van der Waals surface area (Å²) in [7, 11) is -3.82. The fourth-order valence-corrected chi connectivity index (χ4v) is 4.61. The van der Waals surface area contributed by atoms with Gasteiger partial charge in [-0.3, -0.25) is 13.9 Å². The molecule has 3 rings (SSSR count). The van der Waals surface area contributed by atoms with Gasteiger partial charge in [-0.15, -0.1) is 0 Å². The smallest absolute Gasteiger partial charge is 0.244 e. The molecule has 0 aliphatic rings. The van der Waals surface area contributed by atoms with Gasteiger partial charge in [-0.1, -0.05) is 48.5 Å². The predicted octanol–water partition coefficient (Wildman–Crippen LogP) is 4.58. The first kappa shape index (κ1) is 28.7. The van der Waals surface area contributed by atoms with Crippen LogP contribution in [0.15, 0.2) is 84.9 Å². The highest BCUT2D eigenvalue weighted by Crippen LogP contribution is 2.26. The highest BCUT2D eigenvalue weighted by Gasteiger charge is 2.31. The minimum absolute atomic E-state index is 0.153. The number of amides is 2. The zero-order valence-corrected chi connectivity index (χ0v) is 23.2. The molecule has 0 unspecified atom stereocenters. The van der Waals surface area contributed by atoms with E-state index in [1.165, 1.54) is 4.90 Å². The van der Waals surface area contributed by atoms with Crippen molar-refractivity contribution in [3.8, 4) is 11.5 Å². The van der Waals surface area contributed by atoms with E-state index < -0.39 is 34.1 Å². The molecule has 0 saturated carbocycles. The second-order valence-electron chi connectivity index (χ2n) is 10.1. The Morgan fingerprint density at radius 2 is 1.39 bits per heavy atom. The number of para-hydroxylation sites is 1. The molecule has 38 heavy (non-hydrogen) atoms. The van der Waals surface area contributed by atoms with Gasteiger partial charge in [0.1, 0.15) is 24.1 Å². The van der Waals surface area contributed by atoms with E-state index in [0.717, 1.165) is 16.1 Å².